The van der Waals surface area contributed by atoms with Crippen molar-refractivity contribution in [2.75, 3.05) is 12.0 Å². The zero-order valence-corrected chi connectivity index (χ0v) is 16.3. The van der Waals surface area contributed by atoms with Crippen LogP contribution in [0.25, 0.3) is 0 Å². The van der Waals surface area contributed by atoms with Crippen LogP contribution in [0.1, 0.15) is 96.8 Å². The number of carbonyl (C=O) groups excluding carboxylic acids is 1. The number of unbranched alkanes of at least 4 members (excludes halogenated alkanes) is 13. The molecule has 0 saturated heterocycles. The molecule has 1 aromatic rings. The summed E-state index contributed by atoms with van der Waals surface area (Å²) in [5.74, 6) is 0. The van der Waals surface area contributed by atoms with E-state index in [4.69, 9.17) is 0 Å². The van der Waals surface area contributed by atoms with Gasteiger partial charge >= 0.3 is 6.03 Å². The van der Waals surface area contributed by atoms with Crippen LogP contribution >= 0.6 is 0 Å². The lowest BCUT2D eigenvalue weighted by atomic mass is 10.0. The Morgan fingerprint density at radius 1 is 0.720 bits per heavy atom. The summed E-state index contributed by atoms with van der Waals surface area (Å²) in [6.07, 6.45) is 22.6. The number of nitrogens with zero attached hydrogens (tertiary/aromatic N) is 1. The number of hydrogen-bond acceptors (Lipinski definition) is 1. The normalized spacial score (nSPS) is 10.8. The Hall–Kier alpha value is -1.45. The Labute approximate surface area is 154 Å². The molecule has 144 valence electrons. The molecule has 25 heavy (non-hydrogen) atoms. The third-order valence-corrected chi connectivity index (χ3v) is 4.65. The Kier molecular flexibility index (Phi) is 13.9. The topological polar surface area (TPSA) is 46.1 Å². The average molecular weight is 350 g/mol. The van der Waals surface area contributed by atoms with Crippen molar-refractivity contribution in [1.82, 2.24) is 9.99 Å². The molecule has 0 saturated carbocycles. The zero-order valence-electron chi connectivity index (χ0n) is 16.3. The Morgan fingerprint density at radius 2 is 1.16 bits per heavy atom. The van der Waals surface area contributed by atoms with E-state index in [1.165, 1.54) is 83.5 Å². The van der Waals surface area contributed by atoms with E-state index < -0.39 is 0 Å². The molecule has 4 heteroatoms. The first-order valence-electron chi connectivity index (χ1n) is 10.5. The number of hydrogen-bond donors (Lipinski definition) is 2. The molecule has 0 unspecified atom stereocenters. The molecule has 1 heterocycles. The molecule has 2 amide bonds. The van der Waals surface area contributed by atoms with Crippen molar-refractivity contribution in [2.45, 2.75) is 96.8 Å². The fraction of sp³-hybridized carbons (Fsp3) is 0.762. The molecule has 1 rings (SSSR count). The van der Waals surface area contributed by atoms with Gasteiger partial charge in [-0.15, -0.1) is 0 Å². The standard InChI is InChI=1S/C21H39N3O/c1-2-3-4-5-6-7-8-9-10-11-12-13-14-15-18-22-21(25)23-24-19-16-17-20-24/h16-17,19-20H,2-15,18H2,1H3,(H2,22,23,25). The van der Waals surface area contributed by atoms with E-state index in [0.29, 0.717) is 0 Å². The average Bonchev–Trinajstić information content (AvgIpc) is 3.11. The fourth-order valence-corrected chi connectivity index (χ4v) is 3.09. The summed E-state index contributed by atoms with van der Waals surface area (Å²) in [5, 5.41) is 2.89. The molecule has 0 radical (unpaired) electrons. The Bertz CT molecular complexity index is 403. The van der Waals surface area contributed by atoms with Crippen LogP contribution in [0.5, 0.6) is 0 Å². The van der Waals surface area contributed by atoms with Gasteiger partial charge in [0.15, 0.2) is 0 Å². The van der Waals surface area contributed by atoms with Gasteiger partial charge in [0.1, 0.15) is 0 Å². The third-order valence-electron chi connectivity index (χ3n) is 4.65. The summed E-state index contributed by atoms with van der Waals surface area (Å²) in [6, 6.07) is 3.63. The summed E-state index contributed by atoms with van der Waals surface area (Å²) in [5.41, 5.74) is 2.74. The number of urea groups is 1. The number of aromatic nitrogens is 1. The molecule has 0 fully saturated rings. The van der Waals surface area contributed by atoms with E-state index in [1.807, 2.05) is 24.5 Å². The van der Waals surface area contributed by atoms with Crippen LogP contribution in [-0.4, -0.2) is 17.3 Å². The second kappa shape index (κ2) is 16.0. The van der Waals surface area contributed by atoms with Gasteiger partial charge in [-0.25, -0.2) is 10.2 Å². The van der Waals surface area contributed by atoms with E-state index >= 15 is 0 Å². The van der Waals surface area contributed by atoms with Crippen LogP contribution in [0.3, 0.4) is 0 Å². The molecular weight excluding hydrogens is 310 g/mol. The quantitative estimate of drug-likeness (QED) is 0.342. The Morgan fingerprint density at radius 3 is 1.64 bits per heavy atom. The van der Waals surface area contributed by atoms with E-state index in [-0.39, 0.29) is 6.03 Å². The highest BCUT2D eigenvalue weighted by molar-refractivity contribution is 5.81. The van der Waals surface area contributed by atoms with Crippen LogP contribution in [-0.2, 0) is 0 Å². The molecule has 0 atom stereocenters. The monoisotopic (exact) mass is 349 g/mol. The maximum Gasteiger partial charge on any atom is 0.333 e. The summed E-state index contributed by atoms with van der Waals surface area (Å²) >= 11 is 0. The minimum absolute atomic E-state index is 0.133. The second-order valence-corrected chi connectivity index (χ2v) is 7.05. The first-order chi connectivity index (χ1) is 12.3. The highest BCUT2D eigenvalue weighted by Gasteiger charge is 1.99. The van der Waals surface area contributed by atoms with E-state index in [2.05, 4.69) is 17.7 Å². The zero-order chi connectivity index (χ0) is 18.0. The van der Waals surface area contributed by atoms with Crippen molar-refractivity contribution in [1.29, 1.82) is 0 Å². The van der Waals surface area contributed by atoms with Crippen molar-refractivity contribution in [3.05, 3.63) is 24.5 Å². The van der Waals surface area contributed by atoms with Crippen molar-refractivity contribution < 1.29 is 4.79 Å². The summed E-state index contributed by atoms with van der Waals surface area (Å²) < 4.78 is 1.65. The van der Waals surface area contributed by atoms with Gasteiger partial charge in [-0.3, -0.25) is 4.68 Å². The molecule has 2 N–H and O–H groups in total. The van der Waals surface area contributed by atoms with Gasteiger partial charge in [0, 0.05) is 18.9 Å². The third kappa shape index (κ3) is 13.5. The van der Waals surface area contributed by atoms with Gasteiger partial charge in [-0.05, 0) is 18.6 Å². The highest BCUT2D eigenvalue weighted by Crippen LogP contribution is 2.12. The maximum absolute atomic E-state index is 11.6. The number of nitrogens with one attached hydrogen (secondary N) is 2. The highest BCUT2D eigenvalue weighted by atomic mass is 16.2. The summed E-state index contributed by atoms with van der Waals surface area (Å²) in [6.45, 7) is 3.03. The minimum atomic E-state index is -0.133. The largest absolute Gasteiger partial charge is 0.337 e. The molecule has 0 aliphatic rings. The van der Waals surface area contributed by atoms with Crippen LogP contribution in [0.15, 0.2) is 24.5 Å². The van der Waals surface area contributed by atoms with Crippen LogP contribution in [0.2, 0.25) is 0 Å². The van der Waals surface area contributed by atoms with Gasteiger partial charge in [-0.2, -0.15) is 0 Å². The first kappa shape index (κ1) is 21.6. The molecule has 0 aliphatic heterocycles. The second-order valence-electron chi connectivity index (χ2n) is 7.05. The number of rotatable bonds is 16. The van der Waals surface area contributed by atoms with E-state index in [1.54, 1.807) is 4.68 Å². The Balaban J connectivity index is 1.74. The van der Waals surface area contributed by atoms with Gasteiger partial charge in [0.25, 0.3) is 0 Å². The van der Waals surface area contributed by atoms with Crippen molar-refractivity contribution in [2.24, 2.45) is 0 Å². The van der Waals surface area contributed by atoms with Crippen molar-refractivity contribution in [3.8, 4) is 0 Å². The van der Waals surface area contributed by atoms with Gasteiger partial charge in [-0.1, -0.05) is 90.4 Å². The SMILES string of the molecule is CCCCCCCCCCCCCCCCNC(=O)Nn1cccc1. The van der Waals surface area contributed by atoms with Gasteiger partial charge in [0.05, 0.1) is 0 Å². The number of carbonyl (C=O) groups is 1. The smallest absolute Gasteiger partial charge is 0.333 e. The summed E-state index contributed by atoms with van der Waals surface area (Å²) in [4.78, 5) is 11.6. The molecule has 0 bridgehead atoms. The fourth-order valence-electron chi connectivity index (χ4n) is 3.09. The van der Waals surface area contributed by atoms with E-state index in [9.17, 15) is 4.79 Å². The van der Waals surface area contributed by atoms with Crippen LogP contribution < -0.4 is 10.7 Å². The minimum Gasteiger partial charge on any atom is -0.337 e. The maximum atomic E-state index is 11.6. The molecule has 0 spiro atoms. The predicted octanol–water partition coefficient (Wildman–Crippen LogP) is 6.22. The van der Waals surface area contributed by atoms with Gasteiger partial charge in [0.2, 0.25) is 0 Å². The van der Waals surface area contributed by atoms with Gasteiger partial charge < -0.3 is 5.32 Å². The van der Waals surface area contributed by atoms with Crippen molar-refractivity contribution >= 4 is 6.03 Å². The lowest BCUT2D eigenvalue weighted by Gasteiger charge is -2.08. The lowest BCUT2D eigenvalue weighted by molar-refractivity contribution is 0.249. The summed E-state index contributed by atoms with van der Waals surface area (Å²) in [7, 11) is 0. The molecular formula is C21H39N3O. The predicted molar refractivity (Wildman–Crippen MR) is 108 cm³/mol. The van der Waals surface area contributed by atoms with Crippen molar-refractivity contribution in [3.63, 3.8) is 0 Å². The molecule has 4 nitrogen and oxygen atoms in total. The molecule has 0 aliphatic carbocycles. The lowest BCUT2D eigenvalue weighted by Crippen LogP contribution is -2.34. The number of amides is 2. The molecule has 0 aromatic carbocycles. The van der Waals surface area contributed by atoms with E-state index in [0.717, 1.165) is 13.0 Å². The van der Waals surface area contributed by atoms with Crippen LogP contribution in [0, 0.1) is 0 Å². The van der Waals surface area contributed by atoms with Crippen LogP contribution in [0.4, 0.5) is 4.79 Å². The molecule has 1 aromatic heterocycles. The first-order valence-corrected chi connectivity index (χ1v) is 10.5.